The quantitative estimate of drug-likeness (QED) is 0.557. The van der Waals surface area contributed by atoms with Crippen LogP contribution in [-0.4, -0.2) is 19.1 Å². The predicted molar refractivity (Wildman–Crippen MR) is 82.6 cm³/mol. The van der Waals surface area contributed by atoms with Crippen molar-refractivity contribution < 1.29 is 9.53 Å². The van der Waals surface area contributed by atoms with Crippen LogP contribution in [0.3, 0.4) is 0 Å². The van der Waals surface area contributed by atoms with E-state index in [4.69, 9.17) is 5.73 Å². The fourth-order valence-corrected chi connectivity index (χ4v) is 2.26. The van der Waals surface area contributed by atoms with Crippen molar-refractivity contribution in [2.24, 2.45) is 5.73 Å². The molecular weight excluding hydrogens is 250 g/mol. The Balaban J connectivity index is 2.34. The Bertz CT molecular complexity index is 386. The highest BCUT2D eigenvalue weighted by Gasteiger charge is 2.13. The smallest absolute Gasteiger partial charge is 0.322 e. The number of nitrogens with two attached hydrogens (primary N) is 1. The van der Waals surface area contributed by atoms with Crippen LogP contribution in [0.15, 0.2) is 24.3 Å². The van der Waals surface area contributed by atoms with Gasteiger partial charge in [-0.15, -0.1) is 0 Å². The van der Waals surface area contributed by atoms with E-state index in [1.807, 2.05) is 0 Å². The molecule has 3 heteroatoms. The molecule has 0 saturated carbocycles. The molecule has 0 amide bonds. The van der Waals surface area contributed by atoms with Crippen molar-refractivity contribution in [2.75, 3.05) is 7.11 Å². The van der Waals surface area contributed by atoms with Crippen molar-refractivity contribution in [1.82, 2.24) is 0 Å². The molecule has 0 bridgehead atoms. The molecule has 0 spiro atoms. The van der Waals surface area contributed by atoms with E-state index in [1.165, 1.54) is 44.8 Å². The average Bonchev–Trinajstić information content (AvgIpc) is 2.47. The first-order valence-corrected chi connectivity index (χ1v) is 7.58. The molecule has 20 heavy (non-hydrogen) atoms. The molecule has 1 unspecified atom stereocenters. The van der Waals surface area contributed by atoms with E-state index in [-0.39, 0.29) is 5.97 Å². The fourth-order valence-electron chi connectivity index (χ4n) is 2.26. The molecule has 0 aliphatic carbocycles. The van der Waals surface area contributed by atoms with Crippen molar-refractivity contribution >= 4 is 5.97 Å². The zero-order chi connectivity index (χ0) is 14.8. The third kappa shape index (κ3) is 6.20. The fraction of sp³-hybridized carbons (Fsp3) is 0.588. The van der Waals surface area contributed by atoms with Crippen LogP contribution in [-0.2, 0) is 22.4 Å². The van der Waals surface area contributed by atoms with E-state index in [1.54, 1.807) is 0 Å². The van der Waals surface area contributed by atoms with Gasteiger partial charge in [-0.05, 0) is 30.4 Å². The van der Waals surface area contributed by atoms with E-state index in [2.05, 4.69) is 35.9 Å². The van der Waals surface area contributed by atoms with Gasteiger partial charge in [0, 0.05) is 0 Å². The summed E-state index contributed by atoms with van der Waals surface area (Å²) in [5.41, 5.74) is 8.19. The summed E-state index contributed by atoms with van der Waals surface area (Å²) in [6, 6.07) is 7.83. The highest BCUT2D eigenvalue weighted by molar-refractivity contribution is 5.75. The van der Waals surface area contributed by atoms with Crippen LogP contribution in [0.4, 0.5) is 0 Å². The molecule has 0 fully saturated rings. The van der Waals surface area contributed by atoms with E-state index in [0.717, 1.165) is 12.0 Å². The maximum atomic E-state index is 11.3. The second-order valence-electron chi connectivity index (χ2n) is 5.31. The van der Waals surface area contributed by atoms with Crippen LogP contribution >= 0.6 is 0 Å². The third-order valence-electron chi connectivity index (χ3n) is 3.55. The molecule has 1 atom stereocenters. The van der Waals surface area contributed by atoms with Crippen LogP contribution in [0.5, 0.6) is 0 Å². The monoisotopic (exact) mass is 277 g/mol. The largest absolute Gasteiger partial charge is 0.468 e. The second kappa shape index (κ2) is 9.54. The number of carbonyl (C=O) groups is 1. The molecular formula is C17H27NO2. The zero-order valence-corrected chi connectivity index (χ0v) is 12.7. The highest BCUT2D eigenvalue weighted by atomic mass is 16.5. The number of benzene rings is 1. The number of methoxy groups -OCH3 is 1. The van der Waals surface area contributed by atoms with E-state index in [0.29, 0.717) is 6.42 Å². The minimum absolute atomic E-state index is 0.356. The van der Waals surface area contributed by atoms with Gasteiger partial charge < -0.3 is 10.5 Å². The standard InChI is InChI=1S/C17H27NO2/c1-3-4-5-6-7-8-14-9-11-15(12-10-14)13-16(18)17(19)20-2/h9-12,16H,3-8,13,18H2,1-2H3. The molecule has 0 saturated heterocycles. The first-order chi connectivity index (χ1) is 9.67. The molecule has 1 aromatic carbocycles. The Morgan fingerprint density at radius 3 is 2.30 bits per heavy atom. The number of unbranched alkanes of at least 4 members (excludes halogenated alkanes) is 4. The molecule has 112 valence electrons. The van der Waals surface area contributed by atoms with Gasteiger partial charge in [0.1, 0.15) is 6.04 Å². The van der Waals surface area contributed by atoms with Gasteiger partial charge in [0.2, 0.25) is 0 Å². The van der Waals surface area contributed by atoms with Gasteiger partial charge in [-0.25, -0.2) is 0 Å². The summed E-state index contributed by atoms with van der Waals surface area (Å²) in [5.74, 6) is -0.356. The maximum absolute atomic E-state index is 11.3. The summed E-state index contributed by atoms with van der Waals surface area (Å²) >= 11 is 0. The first kappa shape index (κ1) is 16.7. The summed E-state index contributed by atoms with van der Waals surface area (Å²) in [6.07, 6.45) is 8.18. The predicted octanol–water partition coefficient (Wildman–Crippen LogP) is 3.24. The minimum Gasteiger partial charge on any atom is -0.468 e. The zero-order valence-electron chi connectivity index (χ0n) is 12.7. The Labute approximate surface area is 122 Å². The summed E-state index contributed by atoms with van der Waals surface area (Å²) < 4.78 is 4.63. The van der Waals surface area contributed by atoms with Gasteiger partial charge in [-0.1, -0.05) is 56.9 Å². The van der Waals surface area contributed by atoms with Gasteiger partial charge in [-0.3, -0.25) is 4.79 Å². The molecule has 0 heterocycles. The Hall–Kier alpha value is -1.35. The van der Waals surface area contributed by atoms with Gasteiger partial charge in [0.15, 0.2) is 0 Å². The summed E-state index contributed by atoms with van der Waals surface area (Å²) in [7, 11) is 1.36. The van der Waals surface area contributed by atoms with Crippen molar-refractivity contribution in [3.8, 4) is 0 Å². The van der Waals surface area contributed by atoms with E-state index in [9.17, 15) is 4.79 Å². The van der Waals surface area contributed by atoms with Crippen LogP contribution in [0.1, 0.15) is 50.2 Å². The highest BCUT2D eigenvalue weighted by Crippen LogP contribution is 2.11. The van der Waals surface area contributed by atoms with Gasteiger partial charge >= 0.3 is 5.97 Å². The first-order valence-electron chi connectivity index (χ1n) is 7.58. The van der Waals surface area contributed by atoms with Crippen molar-refractivity contribution in [3.05, 3.63) is 35.4 Å². The van der Waals surface area contributed by atoms with Crippen LogP contribution < -0.4 is 5.73 Å². The lowest BCUT2D eigenvalue weighted by Gasteiger charge is -2.09. The molecule has 1 rings (SSSR count). The number of ether oxygens (including phenoxy) is 1. The molecule has 2 N–H and O–H groups in total. The summed E-state index contributed by atoms with van der Waals surface area (Å²) in [6.45, 7) is 2.23. The normalized spacial score (nSPS) is 12.2. The van der Waals surface area contributed by atoms with Crippen molar-refractivity contribution in [1.29, 1.82) is 0 Å². The molecule has 0 aliphatic heterocycles. The Kier molecular flexibility index (Phi) is 7.97. The molecule has 3 nitrogen and oxygen atoms in total. The van der Waals surface area contributed by atoms with Crippen LogP contribution in [0, 0.1) is 0 Å². The number of esters is 1. The molecule has 0 aromatic heterocycles. The number of hydrogen-bond donors (Lipinski definition) is 1. The Morgan fingerprint density at radius 2 is 1.70 bits per heavy atom. The van der Waals surface area contributed by atoms with E-state index < -0.39 is 6.04 Å². The molecule has 0 radical (unpaired) electrons. The third-order valence-corrected chi connectivity index (χ3v) is 3.55. The van der Waals surface area contributed by atoms with Crippen LogP contribution in [0.2, 0.25) is 0 Å². The number of rotatable bonds is 9. The van der Waals surface area contributed by atoms with Crippen molar-refractivity contribution in [2.45, 2.75) is 57.9 Å². The van der Waals surface area contributed by atoms with Gasteiger partial charge in [0.25, 0.3) is 0 Å². The summed E-state index contributed by atoms with van der Waals surface area (Å²) in [4.78, 5) is 11.3. The Morgan fingerprint density at radius 1 is 1.10 bits per heavy atom. The van der Waals surface area contributed by atoms with Crippen LogP contribution in [0.25, 0.3) is 0 Å². The molecule has 1 aromatic rings. The van der Waals surface area contributed by atoms with E-state index >= 15 is 0 Å². The number of hydrogen-bond acceptors (Lipinski definition) is 3. The lowest BCUT2D eigenvalue weighted by molar-refractivity contribution is -0.142. The summed E-state index contributed by atoms with van der Waals surface area (Å²) in [5, 5.41) is 0. The minimum atomic E-state index is -0.570. The lowest BCUT2D eigenvalue weighted by atomic mass is 10.0. The lowest BCUT2D eigenvalue weighted by Crippen LogP contribution is -2.33. The van der Waals surface area contributed by atoms with Crippen molar-refractivity contribution in [3.63, 3.8) is 0 Å². The number of carbonyl (C=O) groups excluding carboxylic acids is 1. The van der Waals surface area contributed by atoms with Gasteiger partial charge in [-0.2, -0.15) is 0 Å². The van der Waals surface area contributed by atoms with Gasteiger partial charge in [0.05, 0.1) is 7.11 Å². The maximum Gasteiger partial charge on any atom is 0.322 e. The number of aryl methyl sites for hydroxylation is 1. The second-order valence-corrected chi connectivity index (χ2v) is 5.31. The average molecular weight is 277 g/mol. The molecule has 0 aliphatic rings. The topological polar surface area (TPSA) is 52.3 Å². The SMILES string of the molecule is CCCCCCCc1ccc(CC(N)C(=O)OC)cc1.